The van der Waals surface area contributed by atoms with Gasteiger partial charge < -0.3 is 9.84 Å². The average molecular weight is 236 g/mol. The molecule has 0 heterocycles. The van der Waals surface area contributed by atoms with Crippen molar-refractivity contribution < 1.29 is 9.84 Å². The van der Waals surface area contributed by atoms with Crippen molar-refractivity contribution in [3.8, 4) is 5.75 Å². The van der Waals surface area contributed by atoms with Gasteiger partial charge in [0.15, 0.2) is 0 Å². The average Bonchev–Trinajstić information content (AvgIpc) is 2.20. The maximum atomic E-state index is 10.3. The molecule has 1 N–H and O–H groups in total. The van der Waals surface area contributed by atoms with Crippen LogP contribution in [0.2, 0.25) is 0 Å². The number of aliphatic hydroxyl groups is 1. The number of aryl methyl sites for hydroxylation is 2. The number of benzene rings is 1. The van der Waals surface area contributed by atoms with E-state index < -0.39 is 6.10 Å². The van der Waals surface area contributed by atoms with E-state index in [2.05, 4.69) is 0 Å². The first-order valence-electron chi connectivity index (χ1n) is 6.19. The van der Waals surface area contributed by atoms with Crippen molar-refractivity contribution in [1.29, 1.82) is 0 Å². The van der Waals surface area contributed by atoms with E-state index in [4.69, 9.17) is 4.74 Å². The molecule has 1 aromatic rings. The highest BCUT2D eigenvalue weighted by molar-refractivity contribution is 5.44. The third-order valence-electron chi connectivity index (χ3n) is 2.91. The summed E-state index contributed by atoms with van der Waals surface area (Å²) in [5.41, 5.74) is 3.00. The molecule has 0 fully saturated rings. The fourth-order valence-corrected chi connectivity index (χ4v) is 2.01. The lowest BCUT2D eigenvalue weighted by atomic mass is 9.84. The Morgan fingerprint density at radius 1 is 1.18 bits per heavy atom. The highest BCUT2D eigenvalue weighted by atomic mass is 16.5. The predicted molar refractivity (Wildman–Crippen MR) is 71.5 cm³/mol. The largest absolute Gasteiger partial charge is 0.493 e. The van der Waals surface area contributed by atoms with Crippen LogP contribution in [0.15, 0.2) is 12.1 Å². The van der Waals surface area contributed by atoms with Crippen LogP contribution in [0.25, 0.3) is 0 Å². The van der Waals surface area contributed by atoms with Crippen LogP contribution in [0.5, 0.6) is 5.75 Å². The van der Waals surface area contributed by atoms with Crippen molar-refractivity contribution in [1.82, 2.24) is 0 Å². The molecule has 0 aromatic heterocycles. The van der Waals surface area contributed by atoms with E-state index in [1.54, 1.807) is 0 Å². The first kappa shape index (κ1) is 14.0. The molecule has 17 heavy (non-hydrogen) atoms. The molecule has 0 saturated carbocycles. The minimum absolute atomic E-state index is 0.147. The molecule has 1 unspecified atom stereocenters. The molecule has 2 nitrogen and oxygen atoms in total. The van der Waals surface area contributed by atoms with Crippen LogP contribution in [0.1, 0.15) is 50.5 Å². The van der Waals surface area contributed by atoms with Gasteiger partial charge in [-0.2, -0.15) is 0 Å². The predicted octanol–water partition coefficient (Wildman–Crippen LogP) is 3.78. The zero-order valence-corrected chi connectivity index (χ0v) is 11.8. The van der Waals surface area contributed by atoms with Crippen molar-refractivity contribution in [2.75, 3.05) is 6.61 Å². The van der Waals surface area contributed by atoms with Crippen molar-refractivity contribution in [3.05, 3.63) is 28.8 Å². The monoisotopic (exact) mass is 236 g/mol. The molecular formula is C15H24O2. The summed E-state index contributed by atoms with van der Waals surface area (Å²) in [5, 5.41) is 10.3. The maximum absolute atomic E-state index is 10.3. The van der Waals surface area contributed by atoms with E-state index >= 15 is 0 Å². The minimum Gasteiger partial charge on any atom is -0.493 e. The lowest BCUT2D eigenvalue weighted by Crippen LogP contribution is -2.18. The molecule has 1 atom stereocenters. The van der Waals surface area contributed by atoms with Crippen molar-refractivity contribution >= 4 is 0 Å². The Morgan fingerprint density at radius 3 is 2.00 bits per heavy atom. The van der Waals surface area contributed by atoms with E-state index in [1.165, 1.54) is 0 Å². The zero-order valence-electron chi connectivity index (χ0n) is 11.8. The fraction of sp³-hybridized carbons (Fsp3) is 0.600. The molecule has 0 bridgehead atoms. The Morgan fingerprint density at radius 2 is 1.65 bits per heavy atom. The number of hydrogen-bond acceptors (Lipinski definition) is 2. The van der Waals surface area contributed by atoms with Crippen molar-refractivity contribution in [2.24, 2.45) is 5.41 Å². The van der Waals surface area contributed by atoms with E-state index in [9.17, 15) is 5.11 Å². The first-order valence-corrected chi connectivity index (χ1v) is 6.19. The molecule has 0 amide bonds. The molecule has 0 spiro atoms. The standard InChI is InChI=1S/C15H24O2/c1-7-17-13-10(2)8-12(9-11(13)3)14(16)15(4,5)6/h8-9,14,16H,7H2,1-6H3. The van der Waals surface area contributed by atoms with E-state index in [-0.39, 0.29) is 5.41 Å². The SMILES string of the molecule is CCOc1c(C)cc(C(O)C(C)(C)C)cc1C. The number of rotatable bonds is 3. The summed E-state index contributed by atoms with van der Waals surface area (Å²) in [6.45, 7) is 12.8. The highest BCUT2D eigenvalue weighted by Gasteiger charge is 2.24. The van der Waals surface area contributed by atoms with Gasteiger partial charge in [0.2, 0.25) is 0 Å². The van der Waals surface area contributed by atoms with Crippen LogP contribution in [-0.2, 0) is 0 Å². The summed E-state index contributed by atoms with van der Waals surface area (Å²) < 4.78 is 5.61. The molecule has 0 saturated heterocycles. The summed E-state index contributed by atoms with van der Waals surface area (Å²) in [4.78, 5) is 0. The summed E-state index contributed by atoms with van der Waals surface area (Å²) in [6.07, 6.45) is -0.449. The fourth-order valence-electron chi connectivity index (χ4n) is 2.01. The van der Waals surface area contributed by atoms with Gasteiger partial charge in [-0.25, -0.2) is 0 Å². The topological polar surface area (TPSA) is 29.5 Å². The Kier molecular flexibility index (Phi) is 4.21. The third kappa shape index (κ3) is 3.22. The van der Waals surface area contributed by atoms with E-state index in [0.29, 0.717) is 6.61 Å². The molecular weight excluding hydrogens is 212 g/mol. The smallest absolute Gasteiger partial charge is 0.125 e. The van der Waals surface area contributed by atoms with Gasteiger partial charge in [-0.05, 0) is 55.0 Å². The van der Waals surface area contributed by atoms with Crippen LogP contribution in [0, 0.1) is 19.3 Å². The van der Waals surface area contributed by atoms with E-state index in [1.807, 2.05) is 53.7 Å². The Labute approximate surface area is 105 Å². The lowest BCUT2D eigenvalue weighted by molar-refractivity contribution is 0.0625. The van der Waals surface area contributed by atoms with Gasteiger partial charge in [0.1, 0.15) is 5.75 Å². The number of hydrogen-bond donors (Lipinski definition) is 1. The Balaban J connectivity index is 3.14. The Bertz CT molecular complexity index is 365. The van der Waals surface area contributed by atoms with Crippen molar-refractivity contribution in [3.63, 3.8) is 0 Å². The van der Waals surface area contributed by atoms with Gasteiger partial charge in [-0.15, -0.1) is 0 Å². The summed E-state index contributed by atoms with van der Waals surface area (Å²) in [7, 11) is 0. The third-order valence-corrected chi connectivity index (χ3v) is 2.91. The molecule has 0 aliphatic carbocycles. The quantitative estimate of drug-likeness (QED) is 0.865. The first-order chi connectivity index (χ1) is 7.77. The van der Waals surface area contributed by atoms with E-state index in [0.717, 1.165) is 22.4 Å². The molecule has 96 valence electrons. The molecule has 1 rings (SSSR count). The zero-order chi connectivity index (χ0) is 13.2. The van der Waals surface area contributed by atoms with Gasteiger partial charge in [0, 0.05) is 0 Å². The van der Waals surface area contributed by atoms with Gasteiger partial charge in [-0.3, -0.25) is 0 Å². The van der Waals surface area contributed by atoms with Crippen molar-refractivity contribution in [2.45, 2.75) is 47.6 Å². The summed E-state index contributed by atoms with van der Waals surface area (Å²) in [6, 6.07) is 4.04. The van der Waals surface area contributed by atoms with Crippen LogP contribution >= 0.6 is 0 Å². The highest BCUT2D eigenvalue weighted by Crippen LogP contribution is 2.35. The molecule has 2 heteroatoms. The van der Waals surface area contributed by atoms with Gasteiger partial charge in [-0.1, -0.05) is 20.8 Å². The van der Waals surface area contributed by atoms with Gasteiger partial charge in [0.25, 0.3) is 0 Å². The molecule has 0 radical (unpaired) electrons. The molecule has 1 aromatic carbocycles. The Hall–Kier alpha value is -1.02. The molecule has 0 aliphatic rings. The maximum Gasteiger partial charge on any atom is 0.125 e. The summed E-state index contributed by atoms with van der Waals surface area (Å²) in [5.74, 6) is 0.942. The summed E-state index contributed by atoms with van der Waals surface area (Å²) >= 11 is 0. The van der Waals surface area contributed by atoms with Crippen LogP contribution in [0.4, 0.5) is 0 Å². The lowest BCUT2D eigenvalue weighted by Gasteiger charge is -2.27. The number of aliphatic hydroxyl groups excluding tert-OH is 1. The second-order valence-electron chi connectivity index (χ2n) is 5.69. The second-order valence-corrected chi connectivity index (χ2v) is 5.69. The molecule has 0 aliphatic heterocycles. The van der Waals surface area contributed by atoms with Crippen LogP contribution in [0.3, 0.4) is 0 Å². The minimum atomic E-state index is -0.449. The van der Waals surface area contributed by atoms with Gasteiger partial charge >= 0.3 is 0 Å². The normalized spacial score (nSPS) is 13.6. The van der Waals surface area contributed by atoms with Gasteiger partial charge in [0.05, 0.1) is 12.7 Å². The number of ether oxygens (including phenoxy) is 1. The van der Waals surface area contributed by atoms with Crippen LogP contribution in [-0.4, -0.2) is 11.7 Å². The second kappa shape index (κ2) is 5.09. The van der Waals surface area contributed by atoms with Crippen LogP contribution < -0.4 is 4.74 Å².